The molecular weight excluding hydrogens is 687 g/mol. The minimum Gasteiger partial charge on any atom is -0.456 e. The largest absolute Gasteiger partial charge is 0.456 e. The number of benzene rings is 9. The highest BCUT2D eigenvalue weighted by molar-refractivity contribution is 7.26. The molecule has 0 fully saturated rings. The van der Waals surface area contributed by atoms with Gasteiger partial charge < -0.3 is 9.32 Å². The highest BCUT2D eigenvalue weighted by Crippen LogP contribution is 2.46. The molecule has 0 radical (unpaired) electrons. The molecule has 0 spiro atoms. The van der Waals surface area contributed by atoms with Gasteiger partial charge in [-0.3, -0.25) is 0 Å². The Morgan fingerprint density at radius 2 is 0.982 bits per heavy atom. The summed E-state index contributed by atoms with van der Waals surface area (Å²) >= 11 is 1.85. The van der Waals surface area contributed by atoms with E-state index in [-0.39, 0.29) is 0 Å². The van der Waals surface area contributed by atoms with Gasteiger partial charge in [0.15, 0.2) is 0 Å². The van der Waals surface area contributed by atoms with Crippen LogP contribution in [0.1, 0.15) is 0 Å². The Kier molecular flexibility index (Phi) is 7.39. The van der Waals surface area contributed by atoms with Gasteiger partial charge in [0.1, 0.15) is 11.2 Å². The molecule has 11 rings (SSSR count). The lowest BCUT2D eigenvalue weighted by molar-refractivity contribution is 0.669. The van der Waals surface area contributed by atoms with Crippen LogP contribution >= 0.6 is 11.3 Å². The van der Waals surface area contributed by atoms with E-state index in [9.17, 15) is 0 Å². The lowest BCUT2D eigenvalue weighted by Crippen LogP contribution is -2.10. The summed E-state index contributed by atoms with van der Waals surface area (Å²) < 4.78 is 8.86. The fourth-order valence-electron chi connectivity index (χ4n) is 8.32. The highest BCUT2D eigenvalue weighted by atomic mass is 32.1. The van der Waals surface area contributed by atoms with Gasteiger partial charge in [-0.15, -0.1) is 11.3 Å². The van der Waals surface area contributed by atoms with Gasteiger partial charge in [-0.25, -0.2) is 0 Å². The quantitative estimate of drug-likeness (QED) is 0.170. The Balaban J connectivity index is 1.04. The smallest absolute Gasteiger partial charge is 0.136 e. The zero-order valence-electron chi connectivity index (χ0n) is 29.8. The predicted molar refractivity (Wildman–Crippen MR) is 235 cm³/mol. The average Bonchev–Trinajstić information content (AvgIpc) is 3.83. The number of thiophene rings is 1. The molecule has 0 N–H and O–H groups in total. The Labute approximate surface area is 322 Å². The number of hydrogen-bond acceptors (Lipinski definition) is 3. The number of fused-ring (bicyclic) bond motifs is 7. The van der Waals surface area contributed by atoms with Gasteiger partial charge in [0.05, 0.1) is 5.69 Å². The SMILES string of the molecule is c1cc(-c2cccc3oc4ccccc4c23)cc(N(c2ccc(-c3ccc(-c4cccc5ccccc45)cc3)cc2)c2cccc3sc4ccccc4c23)c1. The maximum atomic E-state index is 6.30. The minimum atomic E-state index is 0.899. The molecular formula is C52H33NOS. The van der Waals surface area contributed by atoms with Gasteiger partial charge in [0, 0.05) is 42.3 Å². The fourth-order valence-corrected chi connectivity index (χ4v) is 9.45. The molecule has 0 saturated carbocycles. The third-order valence-electron chi connectivity index (χ3n) is 10.9. The molecule has 0 aliphatic rings. The fraction of sp³-hybridized carbons (Fsp3) is 0. The Morgan fingerprint density at radius 1 is 0.364 bits per heavy atom. The summed E-state index contributed by atoms with van der Waals surface area (Å²) in [5, 5.41) is 7.35. The van der Waals surface area contributed by atoms with Crippen molar-refractivity contribution < 1.29 is 4.42 Å². The van der Waals surface area contributed by atoms with E-state index in [4.69, 9.17) is 4.42 Å². The summed E-state index contributed by atoms with van der Waals surface area (Å²) in [5.74, 6) is 0. The van der Waals surface area contributed by atoms with Crippen LogP contribution in [0.4, 0.5) is 17.1 Å². The average molecular weight is 720 g/mol. The number of para-hydroxylation sites is 1. The first kappa shape index (κ1) is 31.6. The van der Waals surface area contributed by atoms with Crippen molar-refractivity contribution in [3.63, 3.8) is 0 Å². The summed E-state index contributed by atoms with van der Waals surface area (Å²) in [6.45, 7) is 0. The maximum absolute atomic E-state index is 6.30. The van der Waals surface area contributed by atoms with E-state index in [0.717, 1.165) is 50.1 Å². The Hall–Kier alpha value is -6.94. The maximum Gasteiger partial charge on any atom is 0.136 e. The van der Waals surface area contributed by atoms with E-state index >= 15 is 0 Å². The van der Waals surface area contributed by atoms with Crippen molar-refractivity contribution >= 4 is 81.3 Å². The summed E-state index contributed by atoms with van der Waals surface area (Å²) in [4.78, 5) is 2.42. The van der Waals surface area contributed by atoms with Crippen LogP contribution in [-0.2, 0) is 0 Å². The molecule has 2 heterocycles. The number of rotatable bonds is 6. The van der Waals surface area contributed by atoms with E-state index in [1.54, 1.807) is 0 Å². The van der Waals surface area contributed by atoms with Gasteiger partial charge in [-0.2, -0.15) is 0 Å². The highest BCUT2D eigenvalue weighted by Gasteiger charge is 2.20. The summed E-state index contributed by atoms with van der Waals surface area (Å²) in [6.07, 6.45) is 0. The monoisotopic (exact) mass is 719 g/mol. The summed E-state index contributed by atoms with van der Waals surface area (Å²) in [5.41, 5.74) is 12.3. The Bertz CT molecular complexity index is 3200. The van der Waals surface area contributed by atoms with Crippen LogP contribution in [-0.4, -0.2) is 0 Å². The van der Waals surface area contributed by atoms with Gasteiger partial charge >= 0.3 is 0 Å². The second-order valence-electron chi connectivity index (χ2n) is 14.1. The van der Waals surface area contributed by atoms with Crippen molar-refractivity contribution in [1.29, 1.82) is 0 Å². The standard InChI is InChI=1S/C52H33NOS/c1-2-15-41-36(11-1)12-8-18-42(41)37-27-25-34(26-28-37)35-29-31-39(32-30-35)53(46-20-10-24-50-52(46)45-17-4-6-23-49(45)55-50)40-14-7-13-38(33-40)43-19-9-22-48-51(43)44-16-3-5-21-47(44)54-48/h1-33H. The molecule has 0 atom stereocenters. The number of hydrogen-bond donors (Lipinski definition) is 0. The van der Waals surface area contributed by atoms with E-state index in [0.29, 0.717) is 0 Å². The first-order valence-corrected chi connectivity index (χ1v) is 19.5. The van der Waals surface area contributed by atoms with E-state index in [1.807, 2.05) is 23.5 Å². The molecule has 0 amide bonds. The van der Waals surface area contributed by atoms with Crippen molar-refractivity contribution in [3.05, 3.63) is 200 Å². The molecule has 2 nitrogen and oxygen atoms in total. The minimum absolute atomic E-state index is 0.899. The molecule has 0 bridgehead atoms. The third kappa shape index (κ3) is 5.32. The lowest BCUT2D eigenvalue weighted by Gasteiger charge is -2.27. The normalized spacial score (nSPS) is 11.6. The van der Waals surface area contributed by atoms with Gasteiger partial charge in [0.25, 0.3) is 0 Å². The third-order valence-corrected chi connectivity index (χ3v) is 12.0. The van der Waals surface area contributed by atoms with Crippen molar-refractivity contribution in [1.82, 2.24) is 0 Å². The molecule has 11 aromatic rings. The van der Waals surface area contributed by atoms with E-state index in [1.165, 1.54) is 53.2 Å². The second kappa shape index (κ2) is 12.9. The van der Waals surface area contributed by atoms with E-state index < -0.39 is 0 Å². The number of nitrogens with zero attached hydrogens (tertiary/aromatic N) is 1. The molecule has 0 unspecified atom stereocenters. The Morgan fingerprint density at radius 3 is 1.85 bits per heavy atom. The van der Waals surface area contributed by atoms with Crippen LogP contribution in [0.2, 0.25) is 0 Å². The van der Waals surface area contributed by atoms with Crippen molar-refractivity contribution in [2.75, 3.05) is 4.90 Å². The zero-order chi connectivity index (χ0) is 36.3. The van der Waals surface area contributed by atoms with Crippen LogP contribution in [0.15, 0.2) is 205 Å². The molecule has 0 saturated heterocycles. The summed E-state index contributed by atoms with van der Waals surface area (Å²) in [6, 6.07) is 72.2. The molecule has 55 heavy (non-hydrogen) atoms. The van der Waals surface area contributed by atoms with Crippen LogP contribution < -0.4 is 4.90 Å². The van der Waals surface area contributed by atoms with Crippen LogP contribution in [0.3, 0.4) is 0 Å². The molecule has 2 aromatic heterocycles. The molecule has 0 aliphatic heterocycles. The molecule has 0 aliphatic carbocycles. The van der Waals surface area contributed by atoms with Gasteiger partial charge in [-0.1, -0.05) is 146 Å². The van der Waals surface area contributed by atoms with E-state index in [2.05, 4.69) is 193 Å². The first-order valence-electron chi connectivity index (χ1n) is 18.7. The molecule has 3 heteroatoms. The first-order chi connectivity index (χ1) is 27.3. The van der Waals surface area contributed by atoms with Crippen LogP contribution in [0.25, 0.3) is 86.3 Å². The topological polar surface area (TPSA) is 16.4 Å². The second-order valence-corrected chi connectivity index (χ2v) is 15.1. The predicted octanol–water partition coefficient (Wildman–Crippen LogP) is 15.6. The van der Waals surface area contributed by atoms with Crippen LogP contribution in [0, 0.1) is 0 Å². The molecule has 258 valence electrons. The van der Waals surface area contributed by atoms with Crippen molar-refractivity contribution in [3.8, 4) is 33.4 Å². The van der Waals surface area contributed by atoms with Crippen LogP contribution in [0.5, 0.6) is 0 Å². The zero-order valence-corrected chi connectivity index (χ0v) is 30.6. The van der Waals surface area contributed by atoms with Crippen molar-refractivity contribution in [2.45, 2.75) is 0 Å². The number of furan rings is 1. The summed E-state index contributed by atoms with van der Waals surface area (Å²) in [7, 11) is 0. The lowest BCUT2D eigenvalue weighted by atomic mass is 9.96. The number of anilines is 3. The molecule has 9 aromatic carbocycles. The van der Waals surface area contributed by atoms with Gasteiger partial charge in [-0.05, 0) is 98.8 Å². The van der Waals surface area contributed by atoms with Crippen molar-refractivity contribution in [2.24, 2.45) is 0 Å². The van der Waals surface area contributed by atoms with Gasteiger partial charge in [0.2, 0.25) is 0 Å².